The van der Waals surface area contributed by atoms with E-state index < -0.39 is 0 Å². The average Bonchev–Trinajstić information content (AvgIpc) is 2.74. The molecule has 0 atom stereocenters. The third kappa shape index (κ3) is 5.20. The molecule has 1 aromatic heterocycles. The fourth-order valence-electron chi connectivity index (χ4n) is 2.61. The van der Waals surface area contributed by atoms with Gasteiger partial charge in [-0.15, -0.1) is 0 Å². The summed E-state index contributed by atoms with van der Waals surface area (Å²) >= 11 is 0. The van der Waals surface area contributed by atoms with Crippen molar-refractivity contribution in [3.8, 4) is 11.5 Å². The molecule has 7 nitrogen and oxygen atoms in total. The number of carbonyl (C=O) groups is 1. The highest BCUT2D eigenvalue weighted by atomic mass is 16.5. The van der Waals surface area contributed by atoms with Crippen LogP contribution in [0.3, 0.4) is 0 Å². The minimum Gasteiger partial charge on any atom is -0.497 e. The van der Waals surface area contributed by atoms with Crippen molar-refractivity contribution in [2.24, 2.45) is 0 Å². The van der Waals surface area contributed by atoms with Crippen LogP contribution in [0.25, 0.3) is 0 Å². The molecule has 2 aromatic carbocycles. The van der Waals surface area contributed by atoms with Gasteiger partial charge in [0.1, 0.15) is 29.3 Å². The summed E-state index contributed by atoms with van der Waals surface area (Å²) in [6.45, 7) is 0.670. The van der Waals surface area contributed by atoms with E-state index >= 15 is 0 Å². The topological polar surface area (TPSA) is 85.4 Å². The molecule has 7 heteroatoms. The second-order valence-electron chi connectivity index (χ2n) is 6.00. The van der Waals surface area contributed by atoms with Gasteiger partial charge in [-0.05, 0) is 48.4 Å². The minimum atomic E-state index is -0.302. The monoisotopic (exact) mass is 378 g/mol. The zero-order chi connectivity index (χ0) is 19.8. The van der Waals surface area contributed by atoms with Crippen LogP contribution in [0.1, 0.15) is 16.1 Å². The number of anilines is 2. The lowest BCUT2D eigenvalue weighted by Crippen LogP contribution is -2.15. The Hall–Kier alpha value is -3.61. The smallest absolute Gasteiger partial charge is 0.274 e. The standard InChI is InChI=1S/C21H22N4O3/c1-27-17-8-6-16(7-9-17)25-21(26)19-13-20(24-14-23-19)22-11-10-15-4-3-5-18(12-15)28-2/h3-9,12-14H,10-11H2,1-2H3,(H,25,26)(H,22,23,24). The van der Waals surface area contributed by atoms with Gasteiger partial charge < -0.3 is 20.1 Å². The van der Waals surface area contributed by atoms with E-state index in [9.17, 15) is 4.79 Å². The predicted molar refractivity (Wildman–Crippen MR) is 108 cm³/mol. The van der Waals surface area contributed by atoms with Crippen LogP contribution in [0.2, 0.25) is 0 Å². The number of methoxy groups -OCH3 is 2. The molecule has 144 valence electrons. The summed E-state index contributed by atoms with van der Waals surface area (Å²) in [7, 11) is 3.24. The molecule has 2 N–H and O–H groups in total. The van der Waals surface area contributed by atoms with E-state index in [0.717, 1.165) is 23.5 Å². The maximum absolute atomic E-state index is 12.4. The van der Waals surface area contributed by atoms with Gasteiger partial charge in [0.2, 0.25) is 0 Å². The molecule has 3 rings (SSSR count). The van der Waals surface area contributed by atoms with Gasteiger partial charge >= 0.3 is 0 Å². The first-order valence-corrected chi connectivity index (χ1v) is 8.82. The Morgan fingerprint density at radius 3 is 2.50 bits per heavy atom. The first kappa shape index (κ1) is 19.2. The Bertz CT molecular complexity index is 929. The molecule has 0 aliphatic carbocycles. The molecular weight excluding hydrogens is 356 g/mol. The van der Waals surface area contributed by atoms with Gasteiger partial charge in [-0.2, -0.15) is 0 Å². The van der Waals surface area contributed by atoms with Crippen molar-refractivity contribution in [3.63, 3.8) is 0 Å². The van der Waals surface area contributed by atoms with E-state index in [-0.39, 0.29) is 11.6 Å². The van der Waals surface area contributed by atoms with E-state index in [1.54, 1.807) is 44.6 Å². The maximum atomic E-state index is 12.4. The lowest BCUT2D eigenvalue weighted by molar-refractivity contribution is 0.102. The second kappa shape index (κ2) is 9.36. The van der Waals surface area contributed by atoms with Gasteiger partial charge in [0.25, 0.3) is 5.91 Å². The first-order chi connectivity index (χ1) is 13.7. The van der Waals surface area contributed by atoms with Crippen LogP contribution in [0.5, 0.6) is 11.5 Å². The largest absolute Gasteiger partial charge is 0.497 e. The summed E-state index contributed by atoms with van der Waals surface area (Å²) in [6, 6.07) is 16.6. The molecule has 0 aliphatic heterocycles. The number of amides is 1. The zero-order valence-corrected chi connectivity index (χ0v) is 15.8. The number of carbonyl (C=O) groups excluding carboxylic acids is 1. The van der Waals surface area contributed by atoms with Gasteiger partial charge in [-0.25, -0.2) is 9.97 Å². The predicted octanol–water partition coefficient (Wildman–Crippen LogP) is 3.40. The van der Waals surface area contributed by atoms with E-state index in [0.29, 0.717) is 18.1 Å². The lowest BCUT2D eigenvalue weighted by atomic mass is 10.1. The van der Waals surface area contributed by atoms with Gasteiger partial charge in [0.15, 0.2) is 0 Å². The van der Waals surface area contributed by atoms with Gasteiger partial charge in [0, 0.05) is 18.3 Å². The number of benzene rings is 2. The lowest BCUT2D eigenvalue weighted by Gasteiger charge is -2.09. The quantitative estimate of drug-likeness (QED) is 0.625. The molecule has 0 bridgehead atoms. The number of hydrogen-bond donors (Lipinski definition) is 2. The van der Waals surface area contributed by atoms with Gasteiger partial charge in [-0.1, -0.05) is 12.1 Å². The molecule has 0 spiro atoms. The average molecular weight is 378 g/mol. The number of nitrogens with zero attached hydrogens (tertiary/aromatic N) is 2. The summed E-state index contributed by atoms with van der Waals surface area (Å²) < 4.78 is 10.3. The third-order valence-corrected chi connectivity index (χ3v) is 4.10. The van der Waals surface area contributed by atoms with E-state index in [4.69, 9.17) is 9.47 Å². The van der Waals surface area contributed by atoms with Crippen LogP contribution in [-0.4, -0.2) is 36.6 Å². The molecule has 1 amide bonds. The Kier molecular flexibility index (Phi) is 6.41. The Balaban J connectivity index is 1.57. The fraction of sp³-hybridized carbons (Fsp3) is 0.190. The highest BCUT2D eigenvalue weighted by molar-refractivity contribution is 6.03. The summed E-state index contributed by atoms with van der Waals surface area (Å²) in [5, 5.41) is 6.02. The molecule has 0 saturated heterocycles. The van der Waals surface area contributed by atoms with Crippen molar-refractivity contribution in [1.29, 1.82) is 0 Å². The van der Waals surface area contributed by atoms with Crippen LogP contribution in [-0.2, 0) is 6.42 Å². The van der Waals surface area contributed by atoms with Crippen molar-refractivity contribution in [2.45, 2.75) is 6.42 Å². The van der Waals surface area contributed by atoms with Crippen molar-refractivity contribution in [3.05, 3.63) is 72.2 Å². The normalized spacial score (nSPS) is 10.2. The molecule has 0 aliphatic rings. The van der Waals surface area contributed by atoms with Crippen LogP contribution in [0.15, 0.2) is 60.9 Å². The molecule has 1 heterocycles. The van der Waals surface area contributed by atoms with Crippen molar-refractivity contribution < 1.29 is 14.3 Å². The number of ether oxygens (including phenoxy) is 2. The minimum absolute atomic E-state index is 0.287. The molecule has 0 fully saturated rings. The Morgan fingerprint density at radius 2 is 1.75 bits per heavy atom. The fourth-order valence-corrected chi connectivity index (χ4v) is 2.61. The summed E-state index contributed by atoms with van der Waals surface area (Å²) in [5.74, 6) is 1.85. The highest BCUT2D eigenvalue weighted by Crippen LogP contribution is 2.16. The van der Waals surface area contributed by atoms with Crippen molar-refractivity contribution in [1.82, 2.24) is 9.97 Å². The van der Waals surface area contributed by atoms with Crippen LogP contribution < -0.4 is 20.1 Å². The van der Waals surface area contributed by atoms with E-state index in [1.165, 1.54) is 6.33 Å². The maximum Gasteiger partial charge on any atom is 0.274 e. The van der Waals surface area contributed by atoms with Crippen LogP contribution >= 0.6 is 0 Å². The molecule has 28 heavy (non-hydrogen) atoms. The number of aromatic nitrogens is 2. The summed E-state index contributed by atoms with van der Waals surface area (Å²) in [5.41, 5.74) is 2.10. The Labute approximate surface area is 163 Å². The van der Waals surface area contributed by atoms with E-state index in [1.807, 2.05) is 24.3 Å². The van der Waals surface area contributed by atoms with Crippen LogP contribution in [0.4, 0.5) is 11.5 Å². The number of hydrogen-bond acceptors (Lipinski definition) is 6. The van der Waals surface area contributed by atoms with Crippen molar-refractivity contribution >= 4 is 17.4 Å². The highest BCUT2D eigenvalue weighted by Gasteiger charge is 2.09. The first-order valence-electron chi connectivity index (χ1n) is 8.82. The Morgan fingerprint density at radius 1 is 0.964 bits per heavy atom. The van der Waals surface area contributed by atoms with Gasteiger partial charge in [0.05, 0.1) is 14.2 Å². The molecule has 0 radical (unpaired) electrons. The summed E-state index contributed by atoms with van der Waals surface area (Å²) in [4.78, 5) is 20.6. The summed E-state index contributed by atoms with van der Waals surface area (Å²) in [6.07, 6.45) is 2.17. The second-order valence-corrected chi connectivity index (χ2v) is 6.00. The van der Waals surface area contributed by atoms with E-state index in [2.05, 4.69) is 20.6 Å². The molecular formula is C21H22N4O3. The molecule has 0 unspecified atom stereocenters. The van der Waals surface area contributed by atoms with Gasteiger partial charge in [-0.3, -0.25) is 4.79 Å². The third-order valence-electron chi connectivity index (χ3n) is 4.10. The molecule has 3 aromatic rings. The van der Waals surface area contributed by atoms with Crippen LogP contribution in [0, 0.1) is 0 Å². The molecule has 0 saturated carbocycles. The number of nitrogens with one attached hydrogen (secondary N) is 2. The SMILES string of the molecule is COc1ccc(NC(=O)c2cc(NCCc3cccc(OC)c3)ncn2)cc1. The number of rotatable bonds is 8. The zero-order valence-electron chi connectivity index (χ0n) is 15.8. The van der Waals surface area contributed by atoms with Crippen molar-refractivity contribution in [2.75, 3.05) is 31.4 Å².